The van der Waals surface area contributed by atoms with Gasteiger partial charge in [0.1, 0.15) is 18.2 Å². The monoisotopic (exact) mass is 627 g/mol. The van der Waals surface area contributed by atoms with E-state index in [-0.39, 0.29) is 11.7 Å². The quantitative estimate of drug-likeness (QED) is 0.230. The molecule has 47 heavy (non-hydrogen) atoms. The molecule has 0 aliphatic carbocycles. The number of carbonyl (C=O) groups is 1. The Morgan fingerprint density at radius 2 is 1.89 bits per heavy atom. The summed E-state index contributed by atoms with van der Waals surface area (Å²) in [5, 5.41) is 9.65. The molecule has 4 bridgehead atoms. The summed E-state index contributed by atoms with van der Waals surface area (Å²) in [4.78, 5) is 25.8. The fourth-order valence-corrected chi connectivity index (χ4v) is 6.25. The van der Waals surface area contributed by atoms with Crippen LogP contribution in [-0.2, 0) is 30.7 Å². The number of carboxylic acids is 1. The molecule has 0 amide bonds. The van der Waals surface area contributed by atoms with Crippen LogP contribution < -0.4 is 9.47 Å². The lowest BCUT2D eigenvalue weighted by Gasteiger charge is -2.27. The third-order valence-electron chi connectivity index (χ3n) is 8.90. The van der Waals surface area contributed by atoms with Gasteiger partial charge in [0.15, 0.2) is 0 Å². The summed E-state index contributed by atoms with van der Waals surface area (Å²) in [5.41, 5.74) is 7.84. The number of aromatic carboxylic acids is 1. The molecule has 236 valence electrons. The van der Waals surface area contributed by atoms with Gasteiger partial charge in [-0.3, -0.25) is 0 Å². The van der Waals surface area contributed by atoms with Crippen molar-refractivity contribution in [3.05, 3.63) is 120 Å². The van der Waals surface area contributed by atoms with Gasteiger partial charge in [0.25, 0.3) is 0 Å². The topological polar surface area (TPSA) is 114 Å². The van der Waals surface area contributed by atoms with Gasteiger partial charge in [-0.25, -0.2) is 19.7 Å². The fraction of sp³-hybridized carbons (Fsp3) is 0.243. The second kappa shape index (κ2) is 12.4. The highest BCUT2D eigenvalue weighted by Crippen LogP contribution is 2.32. The van der Waals surface area contributed by atoms with Crippen LogP contribution in [0.5, 0.6) is 11.6 Å². The average Bonchev–Trinajstić information content (AvgIpc) is 3.72. The van der Waals surface area contributed by atoms with E-state index in [9.17, 15) is 9.90 Å². The molecule has 2 aliphatic heterocycles. The van der Waals surface area contributed by atoms with Crippen molar-refractivity contribution in [3.63, 3.8) is 0 Å². The summed E-state index contributed by atoms with van der Waals surface area (Å²) in [6.07, 6.45) is 8.68. The van der Waals surface area contributed by atoms with Crippen LogP contribution in [0.4, 0.5) is 0 Å². The summed E-state index contributed by atoms with van der Waals surface area (Å²) >= 11 is 0. The third-order valence-corrected chi connectivity index (χ3v) is 8.90. The molecule has 8 rings (SSSR count). The van der Waals surface area contributed by atoms with E-state index >= 15 is 0 Å². The van der Waals surface area contributed by atoms with Gasteiger partial charge in [-0.05, 0) is 72.9 Å². The molecule has 1 fully saturated rings. The largest absolute Gasteiger partial charge is 0.493 e. The zero-order valence-corrected chi connectivity index (χ0v) is 25.7. The van der Waals surface area contributed by atoms with E-state index in [4.69, 9.17) is 24.2 Å². The first-order chi connectivity index (χ1) is 23.1. The van der Waals surface area contributed by atoms with Crippen molar-refractivity contribution >= 4 is 17.0 Å². The van der Waals surface area contributed by atoms with Gasteiger partial charge < -0.3 is 28.5 Å². The van der Waals surface area contributed by atoms with Gasteiger partial charge in [0.2, 0.25) is 5.88 Å². The first kappa shape index (κ1) is 29.0. The van der Waals surface area contributed by atoms with Crippen LogP contribution in [0.25, 0.3) is 28.0 Å². The predicted octanol–water partition coefficient (Wildman–Crippen LogP) is 6.27. The number of hydrogen-bond acceptors (Lipinski definition) is 7. The number of aromatic nitrogens is 5. The number of pyridine rings is 1. The molecule has 0 unspecified atom stereocenters. The maximum atomic E-state index is 11.8. The molecule has 3 aromatic heterocycles. The van der Waals surface area contributed by atoms with Crippen molar-refractivity contribution in [2.45, 2.75) is 44.9 Å². The molecule has 6 aromatic rings. The Bertz CT molecular complexity index is 2080. The Labute approximate surface area is 271 Å². The molecule has 10 heteroatoms. The number of benzene rings is 3. The number of rotatable bonds is 6. The summed E-state index contributed by atoms with van der Waals surface area (Å²) in [6, 6.07) is 23.4. The molecule has 0 radical (unpaired) electrons. The minimum Gasteiger partial charge on any atom is -0.493 e. The number of aryl methyl sites for hydroxylation is 1. The third kappa shape index (κ3) is 5.95. The highest BCUT2D eigenvalue weighted by atomic mass is 16.5. The number of carboxylic acid groups (broad SMARTS) is 1. The van der Waals surface area contributed by atoms with Crippen molar-refractivity contribution in [2.24, 2.45) is 0 Å². The minimum absolute atomic E-state index is 0.0778. The second-order valence-corrected chi connectivity index (χ2v) is 12.0. The molecule has 1 N–H and O–H groups in total. The Morgan fingerprint density at radius 1 is 0.957 bits per heavy atom. The van der Waals surface area contributed by atoms with Crippen molar-refractivity contribution in [2.75, 3.05) is 13.2 Å². The maximum Gasteiger partial charge on any atom is 0.335 e. The molecule has 1 saturated heterocycles. The Kier molecular flexibility index (Phi) is 7.62. The Balaban J connectivity index is 1.14. The van der Waals surface area contributed by atoms with Gasteiger partial charge in [-0.15, -0.1) is 0 Å². The van der Waals surface area contributed by atoms with Crippen LogP contribution in [0, 0.1) is 0 Å². The lowest BCUT2D eigenvalue weighted by Crippen LogP contribution is -2.31. The van der Waals surface area contributed by atoms with E-state index in [2.05, 4.69) is 39.9 Å². The number of ether oxygens (including phenoxy) is 3. The van der Waals surface area contributed by atoms with Crippen LogP contribution in [0.2, 0.25) is 0 Å². The van der Waals surface area contributed by atoms with Crippen molar-refractivity contribution < 1.29 is 24.1 Å². The van der Waals surface area contributed by atoms with E-state index in [0.717, 1.165) is 76.5 Å². The highest BCUT2D eigenvalue weighted by Gasteiger charge is 2.23. The van der Waals surface area contributed by atoms with E-state index in [1.54, 1.807) is 30.7 Å². The molecular formula is C37H33N5O5. The lowest BCUT2D eigenvalue weighted by atomic mass is 10.0. The smallest absolute Gasteiger partial charge is 0.335 e. The average molecular weight is 628 g/mol. The van der Waals surface area contributed by atoms with Crippen molar-refractivity contribution in [1.29, 1.82) is 0 Å². The number of fused-ring (bicyclic) bond motifs is 7. The number of imidazole rings is 2. The zero-order chi connectivity index (χ0) is 31.7. The van der Waals surface area contributed by atoms with Crippen LogP contribution in [0.3, 0.4) is 0 Å². The fourth-order valence-electron chi connectivity index (χ4n) is 6.25. The second-order valence-electron chi connectivity index (χ2n) is 12.0. The normalized spacial score (nSPS) is 16.0. The maximum absolute atomic E-state index is 11.8. The van der Waals surface area contributed by atoms with Crippen LogP contribution in [0.1, 0.15) is 45.7 Å². The van der Waals surface area contributed by atoms with Crippen LogP contribution >= 0.6 is 0 Å². The van der Waals surface area contributed by atoms with Gasteiger partial charge in [0.05, 0.1) is 47.9 Å². The van der Waals surface area contributed by atoms with Crippen LogP contribution in [-0.4, -0.2) is 54.5 Å². The number of hydrogen-bond donors (Lipinski definition) is 1. The molecular weight excluding hydrogens is 594 g/mol. The molecule has 2 aliphatic rings. The zero-order valence-electron chi connectivity index (χ0n) is 25.7. The summed E-state index contributed by atoms with van der Waals surface area (Å²) in [7, 11) is 0. The SMILES string of the molecule is O=C(O)c1ccc2nc(Cc3ccc4cc3OCCCc3cc(-n5ccnc5)ccc3COc3cccc-4n3)n(C[C@@H]3CCO3)c2c1. The van der Waals surface area contributed by atoms with Gasteiger partial charge >= 0.3 is 5.97 Å². The van der Waals surface area contributed by atoms with Gasteiger partial charge in [-0.2, -0.15) is 0 Å². The summed E-state index contributed by atoms with van der Waals surface area (Å²) in [6.45, 7) is 2.29. The molecule has 0 spiro atoms. The Hall–Kier alpha value is -5.48. The lowest BCUT2D eigenvalue weighted by molar-refractivity contribution is -0.0589. The Morgan fingerprint density at radius 3 is 2.72 bits per heavy atom. The van der Waals surface area contributed by atoms with Crippen molar-refractivity contribution in [3.8, 4) is 28.6 Å². The predicted molar refractivity (Wildman–Crippen MR) is 175 cm³/mol. The first-order valence-electron chi connectivity index (χ1n) is 15.9. The molecule has 5 heterocycles. The first-order valence-corrected chi connectivity index (χ1v) is 15.9. The van der Waals surface area contributed by atoms with E-state index < -0.39 is 5.97 Å². The summed E-state index contributed by atoms with van der Waals surface area (Å²) < 4.78 is 22.6. The standard InChI is InChI=1S/C37H33N5O5/c43-37(44)27-9-11-32-33(18-27)42(21-30-12-16-45-30)35(39-32)20-26-7-6-25-19-34(26)46-15-2-3-24-17-29(41-14-13-38-23-41)10-8-28(24)22-47-36-5-1-4-31(25)40-36/h1,4-11,13-14,17-19,23,30H,2-3,12,15-16,20-22H2,(H,43,44)/t30-/m0/s1. The van der Waals surface area contributed by atoms with Crippen LogP contribution in [0.15, 0.2) is 91.5 Å². The van der Waals surface area contributed by atoms with Gasteiger partial charge in [0, 0.05) is 48.3 Å². The molecule has 1 atom stereocenters. The molecule has 0 saturated carbocycles. The number of nitrogens with zero attached hydrogens (tertiary/aromatic N) is 5. The van der Waals surface area contributed by atoms with E-state index in [0.29, 0.717) is 32.1 Å². The highest BCUT2D eigenvalue weighted by molar-refractivity contribution is 5.92. The van der Waals surface area contributed by atoms with Crippen molar-refractivity contribution in [1.82, 2.24) is 24.1 Å². The summed E-state index contributed by atoms with van der Waals surface area (Å²) in [5.74, 6) is 1.20. The van der Waals surface area contributed by atoms with Gasteiger partial charge in [-0.1, -0.05) is 24.3 Å². The molecule has 10 nitrogen and oxygen atoms in total. The van der Waals surface area contributed by atoms with E-state index in [1.165, 1.54) is 5.56 Å². The molecule has 3 aromatic carbocycles. The van der Waals surface area contributed by atoms with E-state index in [1.807, 2.05) is 35.0 Å². The minimum atomic E-state index is -0.962.